The number of methoxy groups -OCH3 is 2. The molecule has 51 heavy (non-hydrogen) atoms. The van der Waals surface area contributed by atoms with E-state index in [4.69, 9.17) is 9.47 Å². The fourth-order valence-electron chi connectivity index (χ4n) is 7.15. The summed E-state index contributed by atoms with van der Waals surface area (Å²) in [4.78, 5) is 57.4. The predicted octanol–water partition coefficient (Wildman–Crippen LogP) is 3.23. The molecule has 0 bridgehead atoms. The largest absolute Gasteiger partial charge is 0.386 e. The van der Waals surface area contributed by atoms with E-state index in [-0.39, 0.29) is 41.9 Å². The van der Waals surface area contributed by atoms with E-state index in [9.17, 15) is 24.3 Å². The SMILES string of the molecule is CC[C@H](C)C([C@@H](CC(=O)N1CCC[C@H]1[C@H](OC)[C@@H](F)C(=O)N[C@H](C)[C@@H](O)c1ccccc1)OC)N(C)C(=O)[C@@H](NC(=O)[C@@H](NC)C(C)C)C(C)C. The summed E-state index contributed by atoms with van der Waals surface area (Å²) in [7, 11) is 6.20. The topological polar surface area (TPSA) is 150 Å². The number of rotatable bonds is 20. The number of hydrogen-bond donors (Lipinski definition) is 4. The van der Waals surface area contributed by atoms with Crippen LogP contribution >= 0.6 is 0 Å². The molecular weight excluding hydrogens is 657 g/mol. The van der Waals surface area contributed by atoms with E-state index >= 15 is 4.39 Å². The Labute approximate surface area is 304 Å². The molecule has 1 unspecified atom stereocenters. The van der Waals surface area contributed by atoms with Gasteiger partial charge in [-0.15, -0.1) is 0 Å². The van der Waals surface area contributed by atoms with Crippen LogP contribution in [0.2, 0.25) is 0 Å². The molecule has 0 aromatic heterocycles. The maximum absolute atomic E-state index is 15.9. The van der Waals surface area contributed by atoms with E-state index in [1.165, 1.54) is 14.2 Å². The highest BCUT2D eigenvalue weighted by molar-refractivity contribution is 5.90. The van der Waals surface area contributed by atoms with E-state index in [0.29, 0.717) is 31.4 Å². The minimum atomic E-state index is -2.10. The lowest BCUT2D eigenvalue weighted by molar-refractivity contribution is -0.148. The number of halogens is 1. The van der Waals surface area contributed by atoms with E-state index in [1.54, 1.807) is 55.1 Å². The van der Waals surface area contributed by atoms with Crippen molar-refractivity contribution in [1.29, 1.82) is 0 Å². The van der Waals surface area contributed by atoms with Crippen molar-refractivity contribution in [3.05, 3.63) is 35.9 Å². The summed E-state index contributed by atoms with van der Waals surface area (Å²) in [6, 6.07) is 5.51. The molecule has 12 nitrogen and oxygen atoms in total. The summed E-state index contributed by atoms with van der Waals surface area (Å²) in [5.41, 5.74) is 0.588. The lowest BCUT2D eigenvalue weighted by Crippen LogP contribution is -2.59. The van der Waals surface area contributed by atoms with Gasteiger partial charge in [0.2, 0.25) is 23.9 Å². The average molecular weight is 722 g/mol. The first-order valence-corrected chi connectivity index (χ1v) is 18.3. The Balaban J connectivity index is 2.24. The molecule has 1 aromatic carbocycles. The van der Waals surface area contributed by atoms with Crippen molar-refractivity contribution < 1.29 is 38.1 Å². The van der Waals surface area contributed by atoms with Crippen molar-refractivity contribution in [3.63, 3.8) is 0 Å². The van der Waals surface area contributed by atoms with Crippen LogP contribution in [0.5, 0.6) is 0 Å². The number of benzene rings is 1. The van der Waals surface area contributed by atoms with Crippen LogP contribution in [0.4, 0.5) is 4.39 Å². The number of hydrogen-bond acceptors (Lipinski definition) is 8. The Morgan fingerprint density at radius 3 is 2.08 bits per heavy atom. The number of carbonyl (C=O) groups excluding carboxylic acids is 4. The van der Waals surface area contributed by atoms with Gasteiger partial charge in [0.1, 0.15) is 12.1 Å². The standard InChI is InChI=1S/C38H64FN5O7/c1-12-24(6)33(43(9)38(49)32(23(4)5)42-37(48)31(40-8)22(2)3)28(50-10)21-29(45)44-20-16-19-27(44)35(51-11)30(39)36(47)41-25(7)34(46)26-17-14-13-15-18-26/h13-15,17-18,22-25,27-28,30-35,40,46H,12,16,19-21H2,1-11H3,(H,41,47)(H,42,48)/t24-,25+,27-,28+,30+,31-,32-,33?,34+,35-/m0/s1. The van der Waals surface area contributed by atoms with Crippen molar-refractivity contribution in [2.24, 2.45) is 17.8 Å². The molecule has 1 fully saturated rings. The molecule has 4 N–H and O–H groups in total. The van der Waals surface area contributed by atoms with Gasteiger partial charge in [-0.25, -0.2) is 4.39 Å². The molecular formula is C38H64FN5O7. The lowest BCUT2D eigenvalue weighted by Gasteiger charge is -2.41. The van der Waals surface area contributed by atoms with Crippen molar-refractivity contribution in [1.82, 2.24) is 25.8 Å². The van der Waals surface area contributed by atoms with Gasteiger partial charge in [0.05, 0.1) is 42.8 Å². The molecule has 0 aliphatic carbocycles. The van der Waals surface area contributed by atoms with Crippen molar-refractivity contribution in [2.75, 3.05) is 34.9 Å². The van der Waals surface area contributed by atoms with Crippen LogP contribution in [0.3, 0.4) is 0 Å². The van der Waals surface area contributed by atoms with Gasteiger partial charge in [0, 0.05) is 27.8 Å². The average Bonchev–Trinajstić information content (AvgIpc) is 3.59. The third-order valence-corrected chi connectivity index (χ3v) is 10.4. The first-order chi connectivity index (χ1) is 24.0. The Morgan fingerprint density at radius 2 is 1.57 bits per heavy atom. The minimum absolute atomic E-state index is 0.0117. The highest BCUT2D eigenvalue weighted by Gasteiger charge is 2.44. The zero-order valence-corrected chi connectivity index (χ0v) is 32.5. The number of ether oxygens (including phenoxy) is 2. The number of aliphatic hydroxyl groups excluding tert-OH is 1. The molecule has 0 radical (unpaired) electrons. The monoisotopic (exact) mass is 721 g/mol. The maximum Gasteiger partial charge on any atom is 0.257 e. The van der Waals surface area contributed by atoms with Crippen LogP contribution in [0, 0.1) is 17.8 Å². The third kappa shape index (κ3) is 11.4. The highest BCUT2D eigenvalue weighted by Crippen LogP contribution is 2.29. The number of nitrogens with one attached hydrogen (secondary N) is 3. The highest BCUT2D eigenvalue weighted by atomic mass is 19.1. The van der Waals surface area contributed by atoms with Crippen LogP contribution in [0.15, 0.2) is 30.3 Å². The molecule has 0 saturated carbocycles. The zero-order chi connectivity index (χ0) is 38.6. The number of alkyl halides is 1. The minimum Gasteiger partial charge on any atom is -0.386 e. The molecule has 10 atom stereocenters. The van der Waals surface area contributed by atoms with Gasteiger partial charge in [-0.2, -0.15) is 0 Å². The second-order valence-corrected chi connectivity index (χ2v) is 14.6. The van der Waals surface area contributed by atoms with Gasteiger partial charge in [-0.3, -0.25) is 19.2 Å². The quantitative estimate of drug-likeness (QED) is 0.161. The van der Waals surface area contributed by atoms with Crippen molar-refractivity contribution in [3.8, 4) is 0 Å². The van der Waals surface area contributed by atoms with Crippen LogP contribution in [0.25, 0.3) is 0 Å². The van der Waals surface area contributed by atoms with Crippen molar-refractivity contribution >= 4 is 23.6 Å². The van der Waals surface area contributed by atoms with Gasteiger partial charge < -0.3 is 40.3 Å². The fraction of sp³-hybridized carbons (Fsp3) is 0.737. The Bertz CT molecular complexity index is 1250. The summed E-state index contributed by atoms with van der Waals surface area (Å²) >= 11 is 0. The maximum atomic E-state index is 15.9. The van der Waals surface area contributed by atoms with E-state index in [0.717, 1.165) is 0 Å². The van der Waals surface area contributed by atoms with Gasteiger partial charge in [0.15, 0.2) is 0 Å². The second-order valence-electron chi connectivity index (χ2n) is 14.6. The van der Waals surface area contributed by atoms with E-state index in [1.807, 2.05) is 47.6 Å². The first-order valence-electron chi connectivity index (χ1n) is 18.3. The Morgan fingerprint density at radius 1 is 0.961 bits per heavy atom. The van der Waals surface area contributed by atoms with Crippen LogP contribution in [-0.2, 0) is 28.7 Å². The fourth-order valence-corrected chi connectivity index (χ4v) is 7.15. The van der Waals surface area contributed by atoms with Gasteiger partial charge in [-0.05, 0) is 50.1 Å². The lowest BCUT2D eigenvalue weighted by atomic mass is 9.89. The van der Waals surface area contributed by atoms with Crippen molar-refractivity contribution in [2.45, 2.75) is 129 Å². The molecule has 1 aromatic rings. The number of nitrogens with zero attached hydrogens (tertiary/aromatic N) is 2. The predicted molar refractivity (Wildman–Crippen MR) is 195 cm³/mol. The molecule has 2 rings (SSSR count). The van der Waals surface area contributed by atoms with Crippen LogP contribution in [-0.4, -0.2) is 122 Å². The Hall–Kier alpha value is -3.13. The van der Waals surface area contributed by atoms with Crippen LogP contribution in [0.1, 0.15) is 85.8 Å². The second kappa shape index (κ2) is 20.8. The third-order valence-electron chi connectivity index (χ3n) is 10.4. The summed E-state index contributed by atoms with van der Waals surface area (Å²) in [6.45, 7) is 13.5. The summed E-state index contributed by atoms with van der Waals surface area (Å²) in [6.07, 6.45) is -3.46. The molecule has 290 valence electrons. The number of amides is 4. The molecule has 1 saturated heterocycles. The van der Waals surface area contributed by atoms with E-state index < -0.39 is 60.6 Å². The first kappa shape index (κ1) is 44.0. The zero-order valence-electron chi connectivity index (χ0n) is 32.5. The molecule has 4 amide bonds. The smallest absolute Gasteiger partial charge is 0.257 e. The van der Waals surface area contributed by atoms with Gasteiger partial charge >= 0.3 is 0 Å². The normalized spacial score (nSPS) is 20.1. The number of aliphatic hydroxyl groups is 1. The molecule has 13 heteroatoms. The molecule has 0 spiro atoms. The van der Waals surface area contributed by atoms with E-state index in [2.05, 4.69) is 16.0 Å². The number of likely N-dealkylation sites (N-methyl/N-ethyl adjacent to an activating group) is 2. The van der Waals surface area contributed by atoms with Crippen LogP contribution < -0.4 is 16.0 Å². The molecule has 1 aliphatic heterocycles. The number of likely N-dealkylation sites (tertiary alicyclic amines) is 1. The summed E-state index contributed by atoms with van der Waals surface area (Å²) in [5.74, 6) is -2.05. The number of carbonyl (C=O) groups is 4. The molecule has 1 aliphatic rings. The Kier molecular flexibility index (Phi) is 18.0. The van der Waals surface area contributed by atoms with Gasteiger partial charge in [0.25, 0.3) is 5.91 Å². The van der Waals surface area contributed by atoms with Gasteiger partial charge in [-0.1, -0.05) is 78.3 Å². The summed E-state index contributed by atoms with van der Waals surface area (Å²) < 4.78 is 27.3. The molecule has 1 heterocycles. The summed E-state index contributed by atoms with van der Waals surface area (Å²) in [5, 5.41) is 19.2.